The van der Waals surface area contributed by atoms with E-state index in [4.69, 9.17) is 0 Å². The smallest absolute Gasteiger partial charge is 0.256 e. The molecule has 1 N–H and O–H groups in total. The fraction of sp³-hybridized carbons (Fsp3) is 0.471. The van der Waals surface area contributed by atoms with E-state index >= 15 is 0 Å². The standard InChI is InChI=1S/C17H22N4O2/c1-11(2)16-19-18-14-10-20(9-12(3)21(14)16)17(23)15(22)13-7-5-4-6-8-13/h4-8,11-12,15,22H,9-10H2,1-3H3/t12-,15-/m0/s1. The number of benzene rings is 1. The molecule has 2 heterocycles. The van der Waals surface area contributed by atoms with Gasteiger partial charge in [0.05, 0.1) is 12.6 Å². The number of aromatic nitrogens is 3. The monoisotopic (exact) mass is 314 g/mol. The van der Waals surface area contributed by atoms with Crippen molar-refractivity contribution < 1.29 is 9.90 Å². The summed E-state index contributed by atoms with van der Waals surface area (Å²) in [5.41, 5.74) is 0.611. The Morgan fingerprint density at radius 1 is 1.26 bits per heavy atom. The number of carbonyl (C=O) groups is 1. The summed E-state index contributed by atoms with van der Waals surface area (Å²) in [6, 6.07) is 9.11. The van der Waals surface area contributed by atoms with Gasteiger partial charge >= 0.3 is 0 Å². The molecule has 1 aliphatic heterocycles. The molecule has 0 saturated carbocycles. The molecule has 6 heteroatoms. The third kappa shape index (κ3) is 2.86. The summed E-state index contributed by atoms with van der Waals surface area (Å²) < 4.78 is 2.11. The van der Waals surface area contributed by atoms with Gasteiger partial charge in [0.1, 0.15) is 5.82 Å². The molecular formula is C17H22N4O2. The van der Waals surface area contributed by atoms with Crippen molar-refractivity contribution in [1.29, 1.82) is 0 Å². The molecule has 0 bridgehead atoms. The number of hydrogen-bond acceptors (Lipinski definition) is 4. The average molecular weight is 314 g/mol. The van der Waals surface area contributed by atoms with Crippen molar-refractivity contribution in [3.05, 3.63) is 47.5 Å². The summed E-state index contributed by atoms with van der Waals surface area (Å²) in [5.74, 6) is 1.73. The summed E-state index contributed by atoms with van der Waals surface area (Å²) in [4.78, 5) is 14.3. The van der Waals surface area contributed by atoms with E-state index in [0.717, 1.165) is 11.6 Å². The molecule has 122 valence electrons. The molecule has 0 fully saturated rings. The maximum atomic E-state index is 12.6. The van der Waals surface area contributed by atoms with Crippen LogP contribution in [0, 0.1) is 0 Å². The molecule has 1 aromatic heterocycles. The Bertz CT molecular complexity index is 696. The summed E-state index contributed by atoms with van der Waals surface area (Å²) in [5, 5.41) is 18.8. The molecule has 23 heavy (non-hydrogen) atoms. The van der Waals surface area contributed by atoms with Crippen LogP contribution in [0.2, 0.25) is 0 Å². The topological polar surface area (TPSA) is 71.2 Å². The Hall–Kier alpha value is -2.21. The zero-order chi connectivity index (χ0) is 16.6. The van der Waals surface area contributed by atoms with Crippen LogP contribution in [-0.2, 0) is 11.3 Å². The van der Waals surface area contributed by atoms with Crippen LogP contribution in [-0.4, -0.2) is 37.2 Å². The highest BCUT2D eigenvalue weighted by Crippen LogP contribution is 2.27. The van der Waals surface area contributed by atoms with Crippen LogP contribution in [0.4, 0.5) is 0 Å². The van der Waals surface area contributed by atoms with Crippen molar-refractivity contribution in [2.75, 3.05) is 6.54 Å². The largest absolute Gasteiger partial charge is 0.378 e. The lowest BCUT2D eigenvalue weighted by Crippen LogP contribution is -2.43. The van der Waals surface area contributed by atoms with Crippen LogP contribution in [0.1, 0.15) is 56.0 Å². The molecule has 0 saturated heterocycles. The lowest BCUT2D eigenvalue weighted by molar-refractivity contribution is -0.142. The summed E-state index contributed by atoms with van der Waals surface area (Å²) in [6.07, 6.45) is -1.14. The van der Waals surface area contributed by atoms with Gasteiger partial charge in [0.2, 0.25) is 0 Å². The van der Waals surface area contributed by atoms with E-state index in [-0.39, 0.29) is 17.9 Å². The van der Waals surface area contributed by atoms with E-state index in [1.807, 2.05) is 25.1 Å². The van der Waals surface area contributed by atoms with Gasteiger partial charge < -0.3 is 14.6 Å². The predicted octanol–water partition coefficient (Wildman–Crippen LogP) is 2.04. The van der Waals surface area contributed by atoms with Gasteiger partial charge in [0, 0.05) is 12.5 Å². The van der Waals surface area contributed by atoms with Gasteiger partial charge in [-0.1, -0.05) is 44.2 Å². The van der Waals surface area contributed by atoms with Gasteiger partial charge in [-0.2, -0.15) is 0 Å². The highest BCUT2D eigenvalue weighted by molar-refractivity contribution is 5.82. The highest BCUT2D eigenvalue weighted by atomic mass is 16.3. The lowest BCUT2D eigenvalue weighted by Gasteiger charge is -2.34. The number of carbonyl (C=O) groups excluding carboxylic acids is 1. The van der Waals surface area contributed by atoms with Gasteiger partial charge in [0.25, 0.3) is 5.91 Å². The molecule has 1 aromatic carbocycles. The van der Waals surface area contributed by atoms with Crippen LogP contribution < -0.4 is 0 Å². The second kappa shape index (κ2) is 6.12. The Balaban J connectivity index is 1.82. The second-order valence-electron chi connectivity index (χ2n) is 6.38. The Labute approximate surface area is 135 Å². The van der Waals surface area contributed by atoms with Crippen molar-refractivity contribution in [3.63, 3.8) is 0 Å². The summed E-state index contributed by atoms with van der Waals surface area (Å²) in [7, 11) is 0. The summed E-state index contributed by atoms with van der Waals surface area (Å²) in [6.45, 7) is 7.15. The van der Waals surface area contributed by atoms with Crippen LogP contribution >= 0.6 is 0 Å². The number of fused-ring (bicyclic) bond motifs is 1. The van der Waals surface area contributed by atoms with Crippen LogP contribution in [0.3, 0.4) is 0 Å². The van der Waals surface area contributed by atoms with Crippen LogP contribution in [0.5, 0.6) is 0 Å². The first-order valence-corrected chi connectivity index (χ1v) is 7.94. The minimum absolute atomic E-state index is 0.0954. The van der Waals surface area contributed by atoms with Crippen molar-refractivity contribution in [3.8, 4) is 0 Å². The minimum atomic E-state index is -1.14. The van der Waals surface area contributed by atoms with Crippen molar-refractivity contribution >= 4 is 5.91 Å². The third-order valence-electron chi connectivity index (χ3n) is 4.23. The van der Waals surface area contributed by atoms with Gasteiger partial charge in [-0.15, -0.1) is 10.2 Å². The highest BCUT2D eigenvalue weighted by Gasteiger charge is 2.32. The number of amides is 1. The molecule has 2 aromatic rings. The third-order valence-corrected chi connectivity index (χ3v) is 4.23. The first-order chi connectivity index (χ1) is 11.0. The maximum absolute atomic E-state index is 12.6. The zero-order valence-corrected chi connectivity index (χ0v) is 13.7. The maximum Gasteiger partial charge on any atom is 0.256 e. The molecule has 3 rings (SSSR count). The van der Waals surface area contributed by atoms with Crippen molar-refractivity contribution in [2.45, 2.75) is 45.4 Å². The average Bonchev–Trinajstić information content (AvgIpc) is 2.99. The van der Waals surface area contributed by atoms with Gasteiger partial charge in [-0.05, 0) is 12.5 Å². The van der Waals surface area contributed by atoms with E-state index in [2.05, 4.69) is 28.6 Å². The van der Waals surface area contributed by atoms with Gasteiger partial charge in [-0.3, -0.25) is 4.79 Å². The van der Waals surface area contributed by atoms with Gasteiger partial charge in [0.15, 0.2) is 11.9 Å². The Morgan fingerprint density at radius 2 is 1.96 bits per heavy atom. The minimum Gasteiger partial charge on any atom is -0.378 e. The molecule has 0 radical (unpaired) electrons. The second-order valence-corrected chi connectivity index (χ2v) is 6.38. The normalized spacial score (nSPS) is 18.8. The summed E-state index contributed by atoms with van der Waals surface area (Å²) >= 11 is 0. The number of nitrogens with zero attached hydrogens (tertiary/aromatic N) is 4. The van der Waals surface area contributed by atoms with E-state index in [1.54, 1.807) is 17.0 Å². The van der Waals surface area contributed by atoms with Gasteiger partial charge in [-0.25, -0.2) is 0 Å². The van der Waals surface area contributed by atoms with E-state index in [0.29, 0.717) is 18.7 Å². The molecule has 0 aliphatic carbocycles. The van der Waals surface area contributed by atoms with Crippen molar-refractivity contribution in [1.82, 2.24) is 19.7 Å². The van der Waals surface area contributed by atoms with E-state index in [1.165, 1.54) is 0 Å². The number of rotatable bonds is 3. The Morgan fingerprint density at radius 3 is 2.61 bits per heavy atom. The first kappa shape index (κ1) is 15.7. The van der Waals surface area contributed by atoms with E-state index in [9.17, 15) is 9.90 Å². The molecule has 2 atom stereocenters. The first-order valence-electron chi connectivity index (χ1n) is 7.94. The lowest BCUT2D eigenvalue weighted by atomic mass is 10.1. The fourth-order valence-electron chi connectivity index (χ4n) is 3.07. The van der Waals surface area contributed by atoms with Crippen molar-refractivity contribution in [2.24, 2.45) is 0 Å². The zero-order valence-electron chi connectivity index (χ0n) is 13.7. The molecule has 6 nitrogen and oxygen atoms in total. The SMILES string of the molecule is CC(C)c1nnc2n1[C@@H](C)CN(C(=O)[C@@H](O)c1ccccc1)C2. The molecule has 0 spiro atoms. The molecular weight excluding hydrogens is 292 g/mol. The molecule has 1 aliphatic rings. The molecule has 0 unspecified atom stereocenters. The number of aliphatic hydroxyl groups is 1. The van der Waals surface area contributed by atoms with Crippen LogP contribution in [0.15, 0.2) is 30.3 Å². The van der Waals surface area contributed by atoms with Crippen LogP contribution in [0.25, 0.3) is 0 Å². The number of aliphatic hydroxyl groups excluding tert-OH is 1. The Kier molecular flexibility index (Phi) is 4.17. The quantitative estimate of drug-likeness (QED) is 0.941. The fourth-order valence-corrected chi connectivity index (χ4v) is 3.07. The predicted molar refractivity (Wildman–Crippen MR) is 85.6 cm³/mol. The molecule has 1 amide bonds. The number of hydrogen-bond donors (Lipinski definition) is 1. The van der Waals surface area contributed by atoms with E-state index < -0.39 is 6.10 Å².